The summed E-state index contributed by atoms with van der Waals surface area (Å²) in [4.78, 5) is 10.9. The van der Waals surface area contributed by atoms with Gasteiger partial charge in [-0.15, -0.1) is 0 Å². The normalized spacial score (nSPS) is 34.1. The van der Waals surface area contributed by atoms with E-state index in [4.69, 9.17) is 15.2 Å². The predicted octanol–water partition coefficient (Wildman–Crippen LogP) is -1.03. The van der Waals surface area contributed by atoms with Crippen molar-refractivity contribution in [1.29, 1.82) is 0 Å². The Balaban J connectivity index is 2.29. The van der Waals surface area contributed by atoms with Crippen molar-refractivity contribution in [2.45, 2.75) is 31.3 Å². The molecule has 1 rings (SSSR count). The molecule has 1 fully saturated rings. The van der Waals surface area contributed by atoms with Gasteiger partial charge in [0.15, 0.2) is 6.17 Å². The molecule has 4 atom stereocenters. The summed E-state index contributed by atoms with van der Waals surface area (Å²) in [7, 11) is 0. The monoisotopic (exact) mass is 207 g/mol. The van der Waals surface area contributed by atoms with Crippen LogP contribution >= 0.6 is 0 Å². The first-order chi connectivity index (χ1) is 6.52. The summed E-state index contributed by atoms with van der Waals surface area (Å²) >= 11 is 0. The number of aliphatic hydroxyl groups excluding tert-OH is 1. The lowest BCUT2D eigenvalue weighted by atomic mass is 10.2. The van der Waals surface area contributed by atoms with Gasteiger partial charge in [-0.2, -0.15) is 0 Å². The average molecular weight is 207 g/mol. The van der Waals surface area contributed by atoms with Crippen LogP contribution in [0.25, 0.3) is 0 Å². The Labute approximate surface area is 81.0 Å². The lowest BCUT2D eigenvalue weighted by Gasteiger charge is -2.14. The van der Waals surface area contributed by atoms with Gasteiger partial charge in [0, 0.05) is 0 Å². The van der Waals surface area contributed by atoms with Crippen molar-refractivity contribution >= 4 is 5.97 Å². The van der Waals surface area contributed by atoms with E-state index in [1.165, 1.54) is 6.92 Å². The predicted molar refractivity (Wildman–Crippen MR) is 45.3 cm³/mol. The van der Waals surface area contributed by atoms with E-state index in [2.05, 4.69) is 0 Å². The Morgan fingerprint density at radius 1 is 1.86 bits per heavy atom. The average Bonchev–Trinajstić information content (AvgIpc) is 2.44. The second kappa shape index (κ2) is 4.68. The minimum atomic E-state index is -1.41. The van der Waals surface area contributed by atoms with Crippen LogP contribution in [0.5, 0.6) is 0 Å². The lowest BCUT2D eigenvalue weighted by Crippen LogP contribution is -2.35. The van der Waals surface area contributed by atoms with Gasteiger partial charge < -0.3 is 20.3 Å². The Morgan fingerprint density at radius 2 is 2.50 bits per heavy atom. The standard InChI is InChI=1S/C8H14FNO4/c1-4(10)8(12)14-3-6-7(11)5(9)2-13-6/h4-7,11H,2-3,10H2,1H3/t4-,5?,6?,7?/m0/s1. The van der Waals surface area contributed by atoms with Crippen molar-refractivity contribution in [2.24, 2.45) is 5.73 Å². The molecule has 1 heterocycles. The largest absolute Gasteiger partial charge is 0.462 e. The minimum Gasteiger partial charge on any atom is -0.462 e. The molecule has 0 amide bonds. The molecule has 82 valence electrons. The second-order valence-electron chi connectivity index (χ2n) is 3.30. The molecule has 0 aliphatic carbocycles. The van der Waals surface area contributed by atoms with E-state index >= 15 is 0 Å². The van der Waals surface area contributed by atoms with Crippen molar-refractivity contribution in [1.82, 2.24) is 0 Å². The van der Waals surface area contributed by atoms with Gasteiger partial charge in [-0.3, -0.25) is 4.79 Å². The van der Waals surface area contributed by atoms with Crippen molar-refractivity contribution in [2.75, 3.05) is 13.2 Å². The Morgan fingerprint density at radius 3 is 2.93 bits per heavy atom. The topological polar surface area (TPSA) is 81.8 Å². The summed E-state index contributed by atoms with van der Waals surface area (Å²) in [5, 5.41) is 9.19. The molecular formula is C8H14FNO4. The molecule has 1 aliphatic rings. The molecule has 14 heavy (non-hydrogen) atoms. The first-order valence-corrected chi connectivity index (χ1v) is 4.38. The number of rotatable bonds is 3. The van der Waals surface area contributed by atoms with E-state index in [1.807, 2.05) is 0 Å². The van der Waals surface area contributed by atoms with E-state index in [0.717, 1.165) is 0 Å². The van der Waals surface area contributed by atoms with E-state index in [0.29, 0.717) is 0 Å². The summed E-state index contributed by atoms with van der Waals surface area (Å²) in [6.45, 7) is 1.15. The van der Waals surface area contributed by atoms with E-state index in [-0.39, 0.29) is 13.2 Å². The highest BCUT2D eigenvalue weighted by Gasteiger charge is 2.36. The zero-order valence-corrected chi connectivity index (χ0v) is 7.85. The van der Waals surface area contributed by atoms with Gasteiger partial charge >= 0.3 is 5.97 Å². The highest BCUT2D eigenvalue weighted by atomic mass is 19.1. The fraction of sp³-hybridized carbons (Fsp3) is 0.875. The maximum absolute atomic E-state index is 12.7. The van der Waals surface area contributed by atoms with Gasteiger partial charge in [0.25, 0.3) is 0 Å². The van der Waals surface area contributed by atoms with Gasteiger partial charge in [-0.1, -0.05) is 0 Å². The van der Waals surface area contributed by atoms with Crippen molar-refractivity contribution in [3.05, 3.63) is 0 Å². The van der Waals surface area contributed by atoms with Crippen LogP contribution in [0, 0.1) is 0 Å². The molecule has 0 saturated carbocycles. The third-order valence-electron chi connectivity index (χ3n) is 1.98. The summed E-state index contributed by atoms with van der Waals surface area (Å²) in [6, 6.07) is -0.727. The number of hydrogen-bond donors (Lipinski definition) is 2. The Hall–Kier alpha value is -0.720. The maximum atomic E-state index is 12.7. The van der Waals surface area contributed by atoms with Gasteiger partial charge in [0.1, 0.15) is 24.9 Å². The zero-order valence-electron chi connectivity index (χ0n) is 7.85. The van der Waals surface area contributed by atoms with Crippen LogP contribution < -0.4 is 5.73 Å². The van der Waals surface area contributed by atoms with Gasteiger partial charge in [-0.05, 0) is 6.92 Å². The van der Waals surface area contributed by atoms with Crippen molar-refractivity contribution < 1.29 is 23.8 Å². The number of halogens is 1. The molecule has 0 spiro atoms. The number of aliphatic hydroxyl groups is 1. The molecule has 5 nitrogen and oxygen atoms in total. The van der Waals surface area contributed by atoms with Crippen LogP contribution in [0.2, 0.25) is 0 Å². The molecular weight excluding hydrogens is 193 g/mol. The lowest BCUT2D eigenvalue weighted by molar-refractivity contribution is -0.149. The number of nitrogens with two attached hydrogens (primary N) is 1. The maximum Gasteiger partial charge on any atom is 0.322 e. The highest BCUT2D eigenvalue weighted by Crippen LogP contribution is 2.17. The smallest absolute Gasteiger partial charge is 0.322 e. The Kier molecular flexibility index (Phi) is 3.79. The molecule has 3 unspecified atom stereocenters. The van der Waals surface area contributed by atoms with Crippen LogP contribution in [-0.2, 0) is 14.3 Å². The van der Waals surface area contributed by atoms with E-state index in [1.54, 1.807) is 0 Å². The summed E-state index contributed by atoms with van der Waals surface area (Å²) in [5.41, 5.74) is 5.23. The molecule has 1 saturated heterocycles. The third kappa shape index (κ3) is 2.63. The zero-order chi connectivity index (χ0) is 10.7. The van der Waals surface area contributed by atoms with Crippen LogP contribution in [0.3, 0.4) is 0 Å². The van der Waals surface area contributed by atoms with Gasteiger partial charge in [0.2, 0.25) is 0 Å². The van der Waals surface area contributed by atoms with Gasteiger partial charge in [0.05, 0.1) is 6.61 Å². The van der Waals surface area contributed by atoms with Crippen molar-refractivity contribution in [3.63, 3.8) is 0 Å². The Bertz CT molecular complexity index is 212. The fourth-order valence-corrected chi connectivity index (χ4v) is 1.09. The van der Waals surface area contributed by atoms with Crippen LogP contribution in [0.1, 0.15) is 6.92 Å². The first kappa shape index (κ1) is 11.4. The van der Waals surface area contributed by atoms with Gasteiger partial charge in [-0.25, -0.2) is 4.39 Å². The second-order valence-corrected chi connectivity index (χ2v) is 3.30. The summed E-state index contributed by atoms with van der Waals surface area (Å²) in [5.74, 6) is -0.594. The summed E-state index contributed by atoms with van der Waals surface area (Å²) < 4.78 is 22.3. The van der Waals surface area contributed by atoms with Crippen LogP contribution in [0.4, 0.5) is 4.39 Å². The number of alkyl halides is 1. The quantitative estimate of drug-likeness (QED) is 0.578. The molecule has 0 aromatic rings. The third-order valence-corrected chi connectivity index (χ3v) is 1.98. The molecule has 3 N–H and O–H groups in total. The van der Waals surface area contributed by atoms with Crippen LogP contribution in [-0.4, -0.2) is 48.7 Å². The van der Waals surface area contributed by atoms with E-state index in [9.17, 15) is 14.3 Å². The molecule has 0 bridgehead atoms. The highest BCUT2D eigenvalue weighted by molar-refractivity contribution is 5.74. The molecule has 1 aliphatic heterocycles. The first-order valence-electron chi connectivity index (χ1n) is 4.38. The summed E-state index contributed by atoms with van der Waals surface area (Å²) in [6.07, 6.45) is -3.42. The molecule has 0 radical (unpaired) electrons. The number of carbonyl (C=O) groups excluding carboxylic acids is 1. The minimum absolute atomic E-state index is 0.165. The number of carbonyl (C=O) groups is 1. The SMILES string of the molecule is C[C@H](N)C(=O)OCC1OCC(F)C1O. The molecule has 0 aromatic carbocycles. The van der Waals surface area contributed by atoms with Crippen molar-refractivity contribution in [3.8, 4) is 0 Å². The number of ether oxygens (including phenoxy) is 2. The van der Waals surface area contributed by atoms with Crippen LogP contribution in [0.15, 0.2) is 0 Å². The van der Waals surface area contributed by atoms with E-state index < -0.39 is 30.4 Å². The molecule has 0 aromatic heterocycles. The number of hydrogen-bond acceptors (Lipinski definition) is 5. The fourth-order valence-electron chi connectivity index (χ4n) is 1.09. The number of esters is 1. The molecule has 6 heteroatoms.